The number of carbonyl (C=O) groups excluding carboxylic acids is 2. The van der Waals surface area contributed by atoms with E-state index in [0.29, 0.717) is 32.1 Å². The van der Waals surface area contributed by atoms with Gasteiger partial charge in [0.25, 0.3) is 0 Å². The second-order valence-corrected chi connectivity index (χ2v) is 5.82. The zero-order valence-corrected chi connectivity index (χ0v) is 12.8. The molecule has 0 saturated carbocycles. The van der Waals surface area contributed by atoms with Crippen LogP contribution in [0.4, 0.5) is 5.95 Å². The first-order valence-corrected chi connectivity index (χ1v) is 7.17. The van der Waals surface area contributed by atoms with E-state index in [0.717, 1.165) is 0 Å². The van der Waals surface area contributed by atoms with Gasteiger partial charge in [0.15, 0.2) is 0 Å². The number of hydrogen-bond donors (Lipinski definition) is 2. The van der Waals surface area contributed by atoms with Gasteiger partial charge in [-0.1, -0.05) is 0 Å². The third-order valence-electron chi connectivity index (χ3n) is 3.44. The van der Waals surface area contributed by atoms with Crippen molar-refractivity contribution in [3.63, 3.8) is 0 Å². The van der Waals surface area contributed by atoms with Gasteiger partial charge in [-0.15, -0.1) is 0 Å². The van der Waals surface area contributed by atoms with Crippen LogP contribution in [-0.4, -0.2) is 70.1 Å². The van der Waals surface area contributed by atoms with E-state index in [1.165, 1.54) is 4.90 Å². The molecule has 0 spiro atoms. The molecule has 0 unspecified atom stereocenters. The quantitative estimate of drug-likeness (QED) is 0.696. The molecule has 8 nitrogen and oxygen atoms in total. The lowest BCUT2D eigenvalue weighted by molar-refractivity contribution is -0.147. The highest BCUT2D eigenvalue weighted by Crippen LogP contribution is 2.10. The average Bonchev–Trinajstić information content (AvgIpc) is 2.55. The highest BCUT2D eigenvalue weighted by molar-refractivity contribution is 6.35. The SMILES string of the molecule is CC(C)(CO)NC(=O)C(=O)N1CCN(c2ncccn2)CC1. The van der Waals surface area contributed by atoms with E-state index >= 15 is 0 Å². The Morgan fingerprint density at radius 2 is 1.82 bits per heavy atom. The number of carbonyl (C=O) groups is 2. The van der Waals surface area contributed by atoms with E-state index in [9.17, 15) is 9.59 Å². The number of aromatic nitrogens is 2. The summed E-state index contributed by atoms with van der Waals surface area (Å²) < 4.78 is 0. The summed E-state index contributed by atoms with van der Waals surface area (Å²) in [7, 11) is 0. The third kappa shape index (κ3) is 3.91. The van der Waals surface area contributed by atoms with Crippen molar-refractivity contribution in [2.24, 2.45) is 0 Å². The Morgan fingerprint density at radius 1 is 1.23 bits per heavy atom. The molecule has 120 valence electrons. The maximum Gasteiger partial charge on any atom is 0.312 e. The van der Waals surface area contributed by atoms with Gasteiger partial charge in [-0.2, -0.15) is 0 Å². The van der Waals surface area contributed by atoms with Crippen molar-refractivity contribution in [3.05, 3.63) is 18.5 Å². The fourth-order valence-electron chi connectivity index (χ4n) is 2.11. The first-order valence-electron chi connectivity index (χ1n) is 7.17. The summed E-state index contributed by atoms with van der Waals surface area (Å²) in [5.41, 5.74) is -0.813. The molecule has 0 aliphatic carbocycles. The first kappa shape index (κ1) is 16.2. The predicted octanol–water partition coefficient (Wildman–Crippen LogP) is -0.988. The van der Waals surface area contributed by atoms with Crippen molar-refractivity contribution in [3.8, 4) is 0 Å². The molecular formula is C14H21N5O3. The molecule has 1 fully saturated rings. The molecule has 0 radical (unpaired) electrons. The van der Waals surface area contributed by atoms with E-state index < -0.39 is 17.4 Å². The minimum Gasteiger partial charge on any atom is -0.394 e. The summed E-state index contributed by atoms with van der Waals surface area (Å²) in [4.78, 5) is 35.9. The maximum absolute atomic E-state index is 12.1. The van der Waals surface area contributed by atoms with Crippen LogP contribution in [0.2, 0.25) is 0 Å². The van der Waals surface area contributed by atoms with Gasteiger partial charge >= 0.3 is 11.8 Å². The molecule has 2 N–H and O–H groups in total. The number of aliphatic hydroxyl groups is 1. The molecule has 1 saturated heterocycles. The van der Waals surface area contributed by atoms with Crippen molar-refractivity contribution in [2.75, 3.05) is 37.7 Å². The normalized spacial score (nSPS) is 15.6. The van der Waals surface area contributed by atoms with Crippen LogP contribution in [0.1, 0.15) is 13.8 Å². The standard InChI is InChI=1S/C14H21N5O3/c1-14(2,10-20)17-11(21)12(22)18-6-8-19(9-7-18)13-15-4-3-5-16-13/h3-5,20H,6-10H2,1-2H3,(H,17,21). The Kier molecular flexibility index (Phi) is 4.92. The minimum atomic E-state index is -0.813. The average molecular weight is 307 g/mol. The van der Waals surface area contributed by atoms with Crippen LogP contribution >= 0.6 is 0 Å². The second kappa shape index (κ2) is 6.69. The lowest BCUT2D eigenvalue weighted by Crippen LogP contribution is -2.56. The molecular weight excluding hydrogens is 286 g/mol. The van der Waals surface area contributed by atoms with Gasteiger partial charge < -0.3 is 20.2 Å². The van der Waals surface area contributed by atoms with Crippen LogP contribution in [0.3, 0.4) is 0 Å². The lowest BCUT2D eigenvalue weighted by Gasteiger charge is -2.34. The summed E-state index contributed by atoms with van der Waals surface area (Å²) in [6, 6.07) is 1.75. The van der Waals surface area contributed by atoms with E-state index in [-0.39, 0.29) is 6.61 Å². The van der Waals surface area contributed by atoms with Crippen molar-refractivity contribution >= 4 is 17.8 Å². The molecule has 2 rings (SSSR count). The molecule has 2 heterocycles. The maximum atomic E-state index is 12.1. The van der Waals surface area contributed by atoms with Crippen molar-refractivity contribution < 1.29 is 14.7 Å². The molecule has 22 heavy (non-hydrogen) atoms. The summed E-state index contributed by atoms with van der Waals surface area (Å²) in [5, 5.41) is 11.7. The Hall–Kier alpha value is -2.22. The highest BCUT2D eigenvalue weighted by atomic mass is 16.3. The molecule has 0 bridgehead atoms. The highest BCUT2D eigenvalue weighted by Gasteiger charge is 2.30. The Balaban J connectivity index is 1.88. The van der Waals surface area contributed by atoms with Gasteiger partial charge in [0, 0.05) is 38.6 Å². The molecule has 1 aromatic heterocycles. The van der Waals surface area contributed by atoms with Crippen LogP contribution in [-0.2, 0) is 9.59 Å². The van der Waals surface area contributed by atoms with Crippen molar-refractivity contribution in [1.29, 1.82) is 0 Å². The van der Waals surface area contributed by atoms with Gasteiger partial charge in [0.05, 0.1) is 12.1 Å². The number of hydrogen-bond acceptors (Lipinski definition) is 6. The fraction of sp³-hybridized carbons (Fsp3) is 0.571. The van der Waals surface area contributed by atoms with E-state index in [2.05, 4.69) is 15.3 Å². The number of piperazine rings is 1. The molecule has 0 atom stereocenters. The topological polar surface area (TPSA) is 98.7 Å². The van der Waals surface area contributed by atoms with Crippen molar-refractivity contribution in [2.45, 2.75) is 19.4 Å². The summed E-state index contributed by atoms with van der Waals surface area (Å²) in [6.07, 6.45) is 3.34. The smallest absolute Gasteiger partial charge is 0.312 e. The summed E-state index contributed by atoms with van der Waals surface area (Å²) in [6.45, 7) is 5.10. The van der Waals surface area contributed by atoms with E-state index in [1.54, 1.807) is 32.3 Å². The van der Waals surface area contributed by atoms with Crippen LogP contribution in [0.15, 0.2) is 18.5 Å². The second-order valence-electron chi connectivity index (χ2n) is 5.82. The molecule has 1 aromatic rings. The Bertz CT molecular complexity index is 527. The monoisotopic (exact) mass is 307 g/mol. The zero-order chi connectivity index (χ0) is 16.2. The molecule has 0 aromatic carbocycles. The summed E-state index contributed by atoms with van der Waals surface area (Å²) >= 11 is 0. The van der Waals surface area contributed by atoms with Gasteiger partial charge in [-0.3, -0.25) is 9.59 Å². The number of nitrogens with one attached hydrogen (secondary N) is 1. The Labute approximate surface area is 129 Å². The van der Waals surface area contributed by atoms with E-state index in [1.807, 2.05) is 4.90 Å². The number of aliphatic hydroxyl groups excluding tert-OH is 1. The Morgan fingerprint density at radius 3 is 2.36 bits per heavy atom. The number of amides is 2. The van der Waals surface area contributed by atoms with Crippen LogP contribution in [0.5, 0.6) is 0 Å². The zero-order valence-electron chi connectivity index (χ0n) is 12.8. The largest absolute Gasteiger partial charge is 0.394 e. The molecule has 8 heteroatoms. The van der Waals surface area contributed by atoms with Gasteiger partial charge in [0.1, 0.15) is 0 Å². The molecule has 2 amide bonds. The fourth-order valence-corrected chi connectivity index (χ4v) is 2.11. The van der Waals surface area contributed by atoms with Crippen LogP contribution in [0.25, 0.3) is 0 Å². The number of rotatable bonds is 3. The number of anilines is 1. The first-order chi connectivity index (χ1) is 10.4. The lowest BCUT2D eigenvalue weighted by atomic mass is 10.1. The van der Waals surface area contributed by atoms with Crippen LogP contribution < -0.4 is 10.2 Å². The van der Waals surface area contributed by atoms with E-state index in [4.69, 9.17) is 5.11 Å². The third-order valence-corrected chi connectivity index (χ3v) is 3.44. The minimum absolute atomic E-state index is 0.231. The van der Waals surface area contributed by atoms with Gasteiger partial charge in [-0.05, 0) is 19.9 Å². The van der Waals surface area contributed by atoms with Crippen LogP contribution in [0, 0.1) is 0 Å². The number of nitrogens with zero attached hydrogens (tertiary/aromatic N) is 4. The van der Waals surface area contributed by atoms with Gasteiger partial charge in [0.2, 0.25) is 5.95 Å². The van der Waals surface area contributed by atoms with Gasteiger partial charge in [-0.25, -0.2) is 9.97 Å². The summed E-state index contributed by atoms with van der Waals surface area (Å²) in [5.74, 6) is -0.640. The van der Waals surface area contributed by atoms with Crippen molar-refractivity contribution in [1.82, 2.24) is 20.2 Å². The molecule has 1 aliphatic heterocycles. The molecule has 1 aliphatic rings. The predicted molar refractivity (Wildman–Crippen MR) is 80.1 cm³/mol.